The second-order valence-corrected chi connectivity index (χ2v) is 7.15. The van der Waals surface area contributed by atoms with E-state index in [1.165, 1.54) is 0 Å². The van der Waals surface area contributed by atoms with Crippen LogP contribution in [0, 0.1) is 0 Å². The number of nitrogens with zero attached hydrogens (tertiary/aromatic N) is 4. The first-order valence-electron chi connectivity index (χ1n) is 9.02. The number of carbonyl (C=O) groups excluding carboxylic acids is 1. The Hall–Kier alpha value is -2.32. The summed E-state index contributed by atoms with van der Waals surface area (Å²) in [6.07, 6.45) is 4.28. The Kier molecular flexibility index (Phi) is 8.87. The van der Waals surface area contributed by atoms with Gasteiger partial charge in [-0.05, 0) is 27.2 Å². The van der Waals surface area contributed by atoms with Gasteiger partial charge >= 0.3 is 6.09 Å². The highest BCUT2D eigenvalue weighted by Crippen LogP contribution is 2.07. The number of unbranched alkanes of at least 4 members (excludes halogenated alkanes) is 1. The molecule has 1 atom stereocenters. The lowest BCUT2D eigenvalue weighted by Gasteiger charge is -2.24. The first-order valence-corrected chi connectivity index (χ1v) is 9.02. The van der Waals surface area contributed by atoms with Crippen LogP contribution in [0.2, 0.25) is 0 Å². The van der Waals surface area contributed by atoms with Crippen molar-refractivity contribution in [1.29, 1.82) is 0 Å². The van der Waals surface area contributed by atoms with Gasteiger partial charge in [0.2, 0.25) is 0 Å². The number of aliphatic imine (C=N–C) groups is 1. The van der Waals surface area contributed by atoms with E-state index < -0.39 is 11.7 Å². The van der Waals surface area contributed by atoms with Gasteiger partial charge in [-0.2, -0.15) is 0 Å². The van der Waals surface area contributed by atoms with E-state index in [0.29, 0.717) is 19.0 Å². The van der Waals surface area contributed by atoms with Gasteiger partial charge in [0.05, 0.1) is 6.54 Å². The van der Waals surface area contributed by atoms with Gasteiger partial charge in [-0.25, -0.2) is 4.79 Å². The minimum Gasteiger partial charge on any atom is -0.444 e. The van der Waals surface area contributed by atoms with E-state index in [-0.39, 0.29) is 6.04 Å². The van der Waals surface area contributed by atoms with Crippen LogP contribution in [0.15, 0.2) is 11.3 Å². The standard InChI is InChI=1S/C17H33N7O2/c1-7-8-9-13(10-20-16(25)26-17(2,3)4)22-15(18-5)19-11-14-23-21-12-24(14)6/h12-13H,7-11H2,1-6H3,(H,20,25)(H2,18,19,22). The number of aromatic nitrogens is 3. The lowest BCUT2D eigenvalue weighted by molar-refractivity contribution is 0.0523. The zero-order chi connectivity index (χ0) is 19.6. The van der Waals surface area contributed by atoms with Gasteiger partial charge in [0.1, 0.15) is 11.9 Å². The van der Waals surface area contributed by atoms with E-state index in [4.69, 9.17) is 4.74 Å². The smallest absolute Gasteiger partial charge is 0.407 e. The molecule has 148 valence electrons. The van der Waals surface area contributed by atoms with Crippen molar-refractivity contribution in [3.63, 3.8) is 0 Å². The molecule has 3 N–H and O–H groups in total. The maximum atomic E-state index is 11.9. The summed E-state index contributed by atoms with van der Waals surface area (Å²) in [5.41, 5.74) is -0.510. The second kappa shape index (κ2) is 10.6. The number of aryl methyl sites for hydroxylation is 1. The molecule has 0 aromatic carbocycles. The molecule has 9 heteroatoms. The van der Waals surface area contributed by atoms with Gasteiger partial charge < -0.3 is 25.3 Å². The largest absolute Gasteiger partial charge is 0.444 e. The number of hydrogen-bond acceptors (Lipinski definition) is 5. The Morgan fingerprint density at radius 3 is 2.65 bits per heavy atom. The number of ether oxygens (including phenoxy) is 1. The van der Waals surface area contributed by atoms with E-state index in [0.717, 1.165) is 25.1 Å². The van der Waals surface area contributed by atoms with Crippen LogP contribution in [0.25, 0.3) is 0 Å². The van der Waals surface area contributed by atoms with Crippen molar-refractivity contribution in [3.8, 4) is 0 Å². The van der Waals surface area contributed by atoms with Crippen LogP contribution < -0.4 is 16.0 Å². The second-order valence-electron chi connectivity index (χ2n) is 7.15. The molecule has 0 fully saturated rings. The topological polar surface area (TPSA) is 105 Å². The average molecular weight is 367 g/mol. The predicted octanol–water partition coefficient (Wildman–Crippen LogP) is 1.56. The zero-order valence-corrected chi connectivity index (χ0v) is 16.8. The third kappa shape index (κ3) is 8.68. The average Bonchev–Trinajstić information content (AvgIpc) is 2.96. The van der Waals surface area contributed by atoms with E-state index in [1.807, 2.05) is 32.4 Å². The van der Waals surface area contributed by atoms with Gasteiger partial charge in [0.25, 0.3) is 0 Å². The Bertz CT molecular complexity index is 578. The van der Waals surface area contributed by atoms with Crippen LogP contribution in [0.3, 0.4) is 0 Å². The summed E-state index contributed by atoms with van der Waals surface area (Å²) in [6, 6.07) is 0.0492. The van der Waals surface area contributed by atoms with E-state index >= 15 is 0 Å². The van der Waals surface area contributed by atoms with Gasteiger partial charge in [-0.15, -0.1) is 10.2 Å². The molecule has 0 aliphatic heterocycles. The highest BCUT2D eigenvalue weighted by molar-refractivity contribution is 5.80. The molecule has 1 heterocycles. The van der Waals surface area contributed by atoms with Crippen molar-refractivity contribution in [3.05, 3.63) is 12.2 Å². The molecule has 1 unspecified atom stereocenters. The Morgan fingerprint density at radius 2 is 2.12 bits per heavy atom. The maximum Gasteiger partial charge on any atom is 0.407 e. The summed E-state index contributed by atoms with van der Waals surface area (Å²) < 4.78 is 7.14. The number of nitrogens with one attached hydrogen (secondary N) is 3. The number of alkyl carbamates (subject to hydrolysis) is 1. The molecule has 1 amide bonds. The fourth-order valence-corrected chi connectivity index (χ4v) is 2.21. The summed E-state index contributed by atoms with van der Waals surface area (Å²) in [4.78, 5) is 16.1. The molecule has 9 nitrogen and oxygen atoms in total. The van der Waals surface area contributed by atoms with Gasteiger partial charge in [0, 0.05) is 26.7 Å². The third-order valence-electron chi connectivity index (χ3n) is 3.58. The van der Waals surface area contributed by atoms with Crippen LogP contribution in [-0.2, 0) is 18.3 Å². The fraction of sp³-hybridized carbons (Fsp3) is 0.765. The summed E-state index contributed by atoms with van der Waals surface area (Å²) >= 11 is 0. The first kappa shape index (κ1) is 21.7. The molecule has 0 aliphatic carbocycles. The molecule has 1 aromatic rings. The summed E-state index contributed by atoms with van der Waals surface area (Å²) in [5, 5.41) is 17.3. The first-order chi connectivity index (χ1) is 12.2. The minimum atomic E-state index is -0.510. The number of rotatable bonds is 8. The zero-order valence-electron chi connectivity index (χ0n) is 16.8. The highest BCUT2D eigenvalue weighted by Gasteiger charge is 2.18. The lowest BCUT2D eigenvalue weighted by atomic mass is 10.1. The molecule has 0 radical (unpaired) electrons. The van der Waals surface area contributed by atoms with Gasteiger partial charge in [-0.1, -0.05) is 19.8 Å². The van der Waals surface area contributed by atoms with Crippen LogP contribution in [-0.4, -0.2) is 52.1 Å². The molecular formula is C17H33N7O2. The van der Waals surface area contributed by atoms with Crippen molar-refractivity contribution >= 4 is 12.1 Å². The molecule has 1 rings (SSSR count). The van der Waals surface area contributed by atoms with Crippen LogP contribution in [0.5, 0.6) is 0 Å². The van der Waals surface area contributed by atoms with Gasteiger partial charge in [0.15, 0.2) is 11.8 Å². The predicted molar refractivity (Wildman–Crippen MR) is 102 cm³/mol. The van der Waals surface area contributed by atoms with Gasteiger partial charge in [-0.3, -0.25) is 4.99 Å². The number of guanidine groups is 1. The Morgan fingerprint density at radius 1 is 1.38 bits per heavy atom. The van der Waals surface area contributed by atoms with Crippen molar-refractivity contribution in [2.24, 2.45) is 12.0 Å². The highest BCUT2D eigenvalue weighted by atomic mass is 16.6. The van der Waals surface area contributed by atoms with E-state index in [2.05, 4.69) is 38.1 Å². The van der Waals surface area contributed by atoms with E-state index in [9.17, 15) is 4.79 Å². The summed E-state index contributed by atoms with van der Waals surface area (Å²) in [5.74, 6) is 1.46. The summed E-state index contributed by atoms with van der Waals surface area (Å²) in [7, 11) is 3.60. The normalized spacial score (nSPS) is 13.2. The number of carbonyl (C=O) groups is 1. The molecule has 0 aliphatic rings. The van der Waals surface area contributed by atoms with Crippen molar-refractivity contribution in [2.75, 3.05) is 13.6 Å². The Balaban J connectivity index is 2.54. The molecule has 0 saturated carbocycles. The molecule has 1 aromatic heterocycles. The van der Waals surface area contributed by atoms with Crippen LogP contribution in [0.1, 0.15) is 52.8 Å². The molecule has 26 heavy (non-hydrogen) atoms. The number of hydrogen-bond donors (Lipinski definition) is 3. The molecular weight excluding hydrogens is 334 g/mol. The third-order valence-corrected chi connectivity index (χ3v) is 3.58. The monoisotopic (exact) mass is 367 g/mol. The summed E-state index contributed by atoms with van der Waals surface area (Å²) in [6.45, 7) is 8.64. The van der Waals surface area contributed by atoms with Crippen molar-refractivity contribution in [2.45, 2.75) is 65.1 Å². The lowest BCUT2D eigenvalue weighted by Crippen LogP contribution is -2.49. The van der Waals surface area contributed by atoms with Crippen molar-refractivity contribution in [1.82, 2.24) is 30.7 Å². The molecule has 0 spiro atoms. The Labute approximate surface area is 156 Å². The van der Waals surface area contributed by atoms with E-state index in [1.54, 1.807) is 13.4 Å². The molecule has 0 bridgehead atoms. The minimum absolute atomic E-state index is 0.0492. The van der Waals surface area contributed by atoms with Crippen LogP contribution in [0.4, 0.5) is 4.79 Å². The maximum absolute atomic E-state index is 11.9. The van der Waals surface area contributed by atoms with Crippen molar-refractivity contribution < 1.29 is 9.53 Å². The number of amides is 1. The SMILES string of the molecule is CCCCC(CNC(=O)OC(C)(C)C)NC(=NC)NCc1nncn1C. The quantitative estimate of drug-likeness (QED) is 0.476. The van der Waals surface area contributed by atoms with Crippen LogP contribution >= 0.6 is 0 Å². The fourth-order valence-electron chi connectivity index (χ4n) is 2.21. The molecule has 0 saturated heterocycles.